The lowest BCUT2D eigenvalue weighted by Crippen LogP contribution is -2.39. The van der Waals surface area contributed by atoms with Gasteiger partial charge in [-0.1, -0.05) is 29.8 Å². The number of carboxylic acid groups (broad SMARTS) is 2. The summed E-state index contributed by atoms with van der Waals surface area (Å²) in [6.45, 7) is 4.42. The maximum atomic E-state index is 12.9. The van der Waals surface area contributed by atoms with Crippen molar-refractivity contribution in [3.63, 3.8) is 0 Å². The zero-order valence-corrected chi connectivity index (χ0v) is 21.3. The van der Waals surface area contributed by atoms with Crippen molar-refractivity contribution in [2.24, 2.45) is 5.73 Å². The average molecular weight is 541 g/mol. The number of hydrogen-bond donors (Lipinski definition) is 3. The Morgan fingerprint density at radius 1 is 1.16 bits per heavy atom. The second-order valence-corrected chi connectivity index (χ2v) is 7.88. The van der Waals surface area contributed by atoms with Crippen molar-refractivity contribution in [1.29, 1.82) is 0 Å². The monoisotopic (exact) mass is 540 g/mol. The van der Waals surface area contributed by atoms with Gasteiger partial charge >= 0.3 is 11.9 Å². The number of nitrogens with two attached hydrogens (primary N) is 1. The van der Waals surface area contributed by atoms with Gasteiger partial charge in [0.25, 0.3) is 0 Å². The molecule has 1 aliphatic rings. The fourth-order valence-corrected chi connectivity index (χ4v) is 3.60. The number of benzene rings is 1. The van der Waals surface area contributed by atoms with Gasteiger partial charge in [0.05, 0.1) is 61.8 Å². The summed E-state index contributed by atoms with van der Waals surface area (Å²) in [4.78, 5) is 44.6. The van der Waals surface area contributed by atoms with Crippen molar-refractivity contribution in [2.75, 3.05) is 33.5 Å². The fourth-order valence-electron chi connectivity index (χ4n) is 3.36. The average Bonchev–Trinajstić information content (AvgIpc) is 2.83. The quantitative estimate of drug-likeness (QED) is 0.217. The van der Waals surface area contributed by atoms with Gasteiger partial charge in [-0.05, 0) is 25.5 Å². The molecule has 2 atom stereocenters. The highest BCUT2D eigenvalue weighted by molar-refractivity contribution is 6.31. The van der Waals surface area contributed by atoms with Crippen molar-refractivity contribution in [2.45, 2.75) is 32.3 Å². The second kappa shape index (κ2) is 15.6. The van der Waals surface area contributed by atoms with Crippen molar-refractivity contribution in [1.82, 2.24) is 5.32 Å². The van der Waals surface area contributed by atoms with Crippen molar-refractivity contribution < 1.29 is 48.7 Å². The predicted molar refractivity (Wildman–Crippen MR) is 126 cm³/mol. The molecule has 204 valence electrons. The molecule has 0 bridgehead atoms. The van der Waals surface area contributed by atoms with E-state index in [1.165, 1.54) is 7.11 Å². The van der Waals surface area contributed by atoms with E-state index in [0.29, 0.717) is 40.7 Å². The number of methoxy groups -OCH3 is 1. The molecule has 0 aliphatic carbocycles. The van der Waals surface area contributed by atoms with E-state index in [1.54, 1.807) is 38.1 Å². The number of dihydropyridines is 1. The van der Waals surface area contributed by atoms with Crippen LogP contribution in [0.1, 0.15) is 31.7 Å². The Bertz CT molecular complexity index is 1050. The van der Waals surface area contributed by atoms with E-state index in [-0.39, 0.29) is 18.8 Å². The zero-order valence-electron chi connectivity index (χ0n) is 20.6. The molecule has 1 aliphatic heterocycles. The number of nitrogens with one attached hydrogen (secondary N) is 1. The Hall–Kier alpha value is -3.45. The molecule has 2 unspecified atom stereocenters. The number of halogens is 1. The minimum atomic E-state index is -1.96. The van der Waals surface area contributed by atoms with Gasteiger partial charge in [-0.25, -0.2) is 9.59 Å². The number of esters is 2. The molecule has 13 heteroatoms. The summed E-state index contributed by atoms with van der Waals surface area (Å²) in [7, 11) is 1.29. The molecule has 0 fully saturated rings. The highest BCUT2D eigenvalue weighted by Gasteiger charge is 2.39. The predicted octanol–water partition coefficient (Wildman–Crippen LogP) is -1.50. The normalized spacial score (nSPS) is 15.7. The number of allylic oxidation sites excluding steroid dienone is 1. The van der Waals surface area contributed by atoms with Crippen LogP contribution in [0.2, 0.25) is 5.02 Å². The molecule has 4 N–H and O–H groups in total. The minimum Gasteiger partial charge on any atom is -0.550 e. The third kappa shape index (κ3) is 9.17. The molecule has 0 spiro atoms. The minimum absolute atomic E-state index is 0.109. The van der Waals surface area contributed by atoms with E-state index in [2.05, 4.69) is 5.32 Å². The van der Waals surface area contributed by atoms with E-state index < -0.39 is 42.3 Å². The van der Waals surface area contributed by atoms with Gasteiger partial charge < -0.3 is 50.2 Å². The fraction of sp³-hybridized carbons (Fsp3) is 0.417. The molecule has 12 nitrogen and oxygen atoms in total. The summed E-state index contributed by atoms with van der Waals surface area (Å²) in [5.74, 6) is -5.29. The van der Waals surface area contributed by atoms with Crippen LogP contribution < -0.4 is 21.3 Å². The number of aliphatic hydroxyl groups is 1. The van der Waals surface area contributed by atoms with E-state index in [4.69, 9.17) is 36.7 Å². The molecule has 1 aromatic carbocycles. The Kier molecular flexibility index (Phi) is 13.3. The van der Waals surface area contributed by atoms with Crippen molar-refractivity contribution in [3.8, 4) is 0 Å². The first-order chi connectivity index (χ1) is 17.5. The molecule has 1 aromatic rings. The smallest absolute Gasteiger partial charge is 0.336 e. The van der Waals surface area contributed by atoms with Gasteiger partial charge in [-0.15, -0.1) is 0 Å². The third-order valence-electron chi connectivity index (χ3n) is 4.90. The molecular weight excluding hydrogens is 512 g/mol. The molecule has 0 radical (unpaired) electrons. The SMILES string of the molecule is CCOC(=O)C1=C(COCCN)NC(C)=C(C(=O)OC)C1c1ccccc1Cl.O=C([O-])CC(O)C(=O)[O-]. The van der Waals surface area contributed by atoms with E-state index >= 15 is 0 Å². The number of aliphatic carboxylic acids is 2. The van der Waals surface area contributed by atoms with E-state index in [0.717, 1.165) is 0 Å². The zero-order chi connectivity index (χ0) is 28.1. The van der Waals surface area contributed by atoms with Crippen LogP contribution in [0.3, 0.4) is 0 Å². The maximum absolute atomic E-state index is 12.9. The van der Waals surface area contributed by atoms with Crippen LogP contribution in [0.15, 0.2) is 46.8 Å². The number of hydrogen-bond acceptors (Lipinski definition) is 12. The highest BCUT2D eigenvalue weighted by Crippen LogP contribution is 2.41. The molecule has 1 heterocycles. The van der Waals surface area contributed by atoms with Crippen LogP contribution in [0, 0.1) is 0 Å². The van der Waals surface area contributed by atoms with Gasteiger partial charge in [0.2, 0.25) is 0 Å². The summed E-state index contributed by atoms with van der Waals surface area (Å²) in [6.07, 6.45) is -2.89. The van der Waals surface area contributed by atoms with Crippen LogP contribution in [-0.4, -0.2) is 68.6 Å². The number of carbonyl (C=O) groups excluding carboxylic acids is 4. The summed E-state index contributed by atoms with van der Waals surface area (Å²) in [5, 5.41) is 30.9. The summed E-state index contributed by atoms with van der Waals surface area (Å²) >= 11 is 6.42. The summed E-state index contributed by atoms with van der Waals surface area (Å²) < 4.78 is 15.8. The molecule has 2 rings (SSSR count). The van der Waals surface area contributed by atoms with Gasteiger partial charge in [-0.2, -0.15) is 0 Å². The first kappa shape index (κ1) is 31.6. The highest BCUT2D eigenvalue weighted by atomic mass is 35.5. The van der Waals surface area contributed by atoms with Gasteiger partial charge in [-0.3, -0.25) is 0 Å². The van der Waals surface area contributed by atoms with Gasteiger partial charge in [0.1, 0.15) is 0 Å². The van der Waals surface area contributed by atoms with Crippen LogP contribution in [0.5, 0.6) is 0 Å². The van der Waals surface area contributed by atoms with Crippen molar-refractivity contribution >= 4 is 35.5 Å². The maximum Gasteiger partial charge on any atom is 0.336 e. The number of aliphatic hydroxyl groups excluding tert-OH is 1. The largest absolute Gasteiger partial charge is 0.550 e. The Morgan fingerprint density at radius 3 is 2.30 bits per heavy atom. The molecular formula is C24H29ClN2O10-2. The standard InChI is InChI=1S/C20H25ClN2O5.C4H6O5/c1-4-28-20(25)18-15(11-27-10-9-22)23-12(2)16(19(24)26-3)17(18)13-7-5-6-8-14(13)21;5-2(4(8)9)1-3(6)7/h5-8,17,23H,4,9-11,22H2,1-3H3;2,5H,1H2,(H,6,7)(H,8,9)/p-2. The van der Waals surface area contributed by atoms with Gasteiger partial charge in [0.15, 0.2) is 0 Å². The molecule has 37 heavy (non-hydrogen) atoms. The van der Waals surface area contributed by atoms with Crippen LogP contribution in [0.4, 0.5) is 0 Å². The number of carboxylic acids is 2. The number of rotatable bonds is 11. The molecule has 0 saturated carbocycles. The van der Waals surface area contributed by atoms with Crippen LogP contribution in [-0.2, 0) is 33.4 Å². The molecule has 0 amide bonds. The summed E-state index contributed by atoms with van der Waals surface area (Å²) in [6, 6.07) is 7.05. The lowest BCUT2D eigenvalue weighted by molar-refractivity contribution is -0.323. The van der Waals surface area contributed by atoms with Crippen LogP contribution in [0.25, 0.3) is 0 Å². The van der Waals surface area contributed by atoms with Gasteiger partial charge in [0, 0.05) is 29.7 Å². The lowest BCUT2D eigenvalue weighted by atomic mass is 9.80. The first-order valence-corrected chi connectivity index (χ1v) is 11.4. The Labute approximate surface area is 218 Å². The van der Waals surface area contributed by atoms with E-state index in [9.17, 15) is 29.4 Å². The number of ether oxygens (including phenoxy) is 3. The lowest BCUT2D eigenvalue weighted by Gasteiger charge is -2.31. The Balaban J connectivity index is 0.000000649. The molecule has 0 aromatic heterocycles. The van der Waals surface area contributed by atoms with Crippen LogP contribution >= 0.6 is 11.6 Å². The first-order valence-electron chi connectivity index (χ1n) is 11.1. The third-order valence-corrected chi connectivity index (χ3v) is 5.25. The summed E-state index contributed by atoms with van der Waals surface area (Å²) in [5.41, 5.74) is 7.70. The second-order valence-electron chi connectivity index (χ2n) is 7.47. The molecule has 0 saturated heterocycles. The topological polar surface area (TPSA) is 200 Å². The Morgan fingerprint density at radius 2 is 1.81 bits per heavy atom. The number of carbonyl (C=O) groups is 4. The van der Waals surface area contributed by atoms with Crippen molar-refractivity contribution in [3.05, 3.63) is 57.4 Å². The van der Waals surface area contributed by atoms with E-state index in [1.807, 2.05) is 0 Å².